The van der Waals surface area contributed by atoms with E-state index in [1.165, 1.54) is 31.0 Å². The molecule has 28 heavy (non-hydrogen) atoms. The molecule has 6 heteroatoms. The highest BCUT2D eigenvalue weighted by molar-refractivity contribution is 7.99. The zero-order valence-corrected chi connectivity index (χ0v) is 17.8. The van der Waals surface area contributed by atoms with Crippen molar-refractivity contribution in [1.82, 2.24) is 0 Å². The van der Waals surface area contributed by atoms with Crippen LogP contribution in [0.15, 0.2) is 48.6 Å². The highest BCUT2D eigenvalue weighted by atomic mass is 32.2. The van der Waals surface area contributed by atoms with Crippen LogP contribution in [0.3, 0.4) is 0 Å². The minimum atomic E-state index is -0.770. The number of nitrogens with zero attached hydrogens (tertiary/aromatic N) is 1. The average Bonchev–Trinajstić information content (AvgIpc) is 2.65. The Bertz CT molecular complexity index is 527. The van der Waals surface area contributed by atoms with E-state index in [1.807, 2.05) is 18.2 Å². The quantitative estimate of drug-likeness (QED) is 0.126. The van der Waals surface area contributed by atoms with Crippen LogP contribution in [0.2, 0.25) is 0 Å². The topological polar surface area (TPSA) is 80.4 Å². The molecule has 1 N–H and O–H groups in total. The minimum absolute atomic E-state index is 0.169. The van der Waals surface area contributed by atoms with Gasteiger partial charge in [-0.25, -0.2) is 0 Å². The van der Waals surface area contributed by atoms with E-state index in [0.29, 0.717) is 6.42 Å². The molecule has 0 bridgehead atoms. The smallest absolute Gasteiger partial charge is 0.313 e. The van der Waals surface area contributed by atoms with Crippen LogP contribution < -0.4 is 0 Å². The first kappa shape index (κ1) is 26.2. The first-order valence-electron chi connectivity index (χ1n) is 10.1. The Balaban J connectivity index is 3.91. The second-order valence-electron chi connectivity index (χ2n) is 6.48. The second-order valence-corrected chi connectivity index (χ2v) is 7.59. The van der Waals surface area contributed by atoms with Gasteiger partial charge in [0, 0.05) is 4.92 Å². The average molecular weight is 410 g/mol. The number of unbranched alkanes of at least 4 members (excludes halogenated alkanes) is 5. The van der Waals surface area contributed by atoms with Gasteiger partial charge in [-0.2, -0.15) is 11.8 Å². The van der Waals surface area contributed by atoms with Crippen LogP contribution >= 0.6 is 11.8 Å². The fourth-order valence-corrected chi connectivity index (χ4v) is 3.09. The van der Waals surface area contributed by atoms with E-state index in [4.69, 9.17) is 5.11 Å². The number of thioether (sulfide) groups is 1. The van der Waals surface area contributed by atoms with Crippen LogP contribution in [-0.2, 0) is 4.79 Å². The number of rotatable bonds is 18. The third kappa shape index (κ3) is 19.0. The van der Waals surface area contributed by atoms with Crippen LogP contribution in [-0.4, -0.2) is 33.5 Å². The fraction of sp³-hybridized carbons (Fsp3) is 0.591. The largest absolute Gasteiger partial charge is 0.481 e. The lowest BCUT2D eigenvalue weighted by atomic mass is 10.2. The molecule has 1 unspecified atom stereocenters. The standard InChI is InChI=1S/C22H35NO4S/c1-2-3-4-5-6-8-11-14-17-21(23(26)27)18-15-12-9-7-10-13-16-19-28-20-22(24)25/h6-9,14-15,17-18,21H,2-5,10-13,16,19-20H2,1H3,(H,24,25)/b8-6+,9-7+,17-14+,18-15+. The molecule has 0 saturated carbocycles. The summed E-state index contributed by atoms with van der Waals surface area (Å²) < 4.78 is 0. The Hall–Kier alpha value is -1.82. The number of hydrogen-bond donors (Lipinski definition) is 1. The molecular formula is C22H35NO4S. The zero-order valence-electron chi connectivity index (χ0n) is 17.0. The van der Waals surface area contributed by atoms with Crippen molar-refractivity contribution in [1.29, 1.82) is 0 Å². The van der Waals surface area contributed by atoms with E-state index < -0.39 is 12.0 Å². The summed E-state index contributed by atoms with van der Waals surface area (Å²) in [6, 6.07) is -0.770. The molecule has 0 heterocycles. The molecule has 0 saturated heterocycles. The van der Waals surface area contributed by atoms with Gasteiger partial charge < -0.3 is 5.11 Å². The van der Waals surface area contributed by atoms with E-state index in [9.17, 15) is 14.9 Å². The molecule has 0 fully saturated rings. The molecular weight excluding hydrogens is 374 g/mol. The third-order valence-corrected chi connectivity index (χ3v) is 4.93. The van der Waals surface area contributed by atoms with Crippen LogP contribution in [0.5, 0.6) is 0 Å². The van der Waals surface area contributed by atoms with Gasteiger partial charge in [-0.1, -0.05) is 56.2 Å². The molecule has 158 valence electrons. The number of nitro groups is 1. The van der Waals surface area contributed by atoms with Crippen LogP contribution in [0.1, 0.15) is 64.7 Å². The second kappa shape index (κ2) is 19.9. The van der Waals surface area contributed by atoms with Crippen molar-refractivity contribution in [3.05, 3.63) is 58.7 Å². The van der Waals surface area contributed by atoms with E-state index >= 15 is 0 Å². The van der Waals surface area contributed by atoms with E-state index in [0.717, 1.165) is 37.9 Å². The maximum absolute atomic E-state index is 11.1. The first-order valence-corrected chi connectivity index (χ1v) is 11.3. The zero-order chi connectivity index (χ0) is 20.9. The van der Waals surface area contributed by atoms with Gasteiger partial charge in [0.25, 0.3) is 0 Å². The minimum Gasteiger partial charge on any atom is -0.481 e. The molecule has 0 aliphatic heterocycles. The molecule has 0 spiro atoms. The first-order chi connectivity index (χ1) is 13.6. The Kier molecular flexibility index (Phi) is 18.6. The number of carboxylic acid groups (broad SMARTS) is 1. The highest BCUT2D eigenvalue weighted by Crippen LogP contribution is 2.07. The van der Waals surface area contributed by atoms with Gasteiger partial charge in [0.1, 0.15) is 0 Å². The van der Waals surface area contributed by atoms with Gasteiger partial charge in [0.2, 0.25) is 6.04 Å². The third-order valence-electron chi connectivity index (χ3n) is 3.90. The van der Waals surface area contributed by atoms with E-state index in [1.54, 1.807) is 12.2 Å². The summed E-state index contributed by atoms with van der Waals surface area (Å²) in [7, 11) is 0. The summed E-state index contributed by atoms with van der Waals surface area (Å²) in [6.45, 7) is 2.18. The summed E-state index contributed by atoms with van der Waals surface area (Å²) >= 11 is 1.44. The molecule has 1 atom stereocenters. The number of allylic oxidation sites excluding steroid dienone is 6. The number of hydrogen-bond acceptors (Lipinski definition) is 4. The number of carboxylic acids is 1. The van der Waals surface area contributed by atoms with Gasteiger partial charge in [0.15, 0.2) is 0 Å². The lowest BCUT2D eigenvalue weighted by Gasteiger charge is -1.98. The summed E-state index contributed by atoms with van der Waals surface area (Å²) in [5.41, 5.74) is 0. The molecule has 0 radical (unpaired) electrons. The van der Waals surface area contributed by atoms with Crippen LogP contribution in [0.4, 0.5) is 0 Å². The van der Waals surface area contributed by atoms with Crippen molar-refractivity contribution < 1.29 is 14.8 Å². The van der Waals surface area contributed by atoms with Crippen molar-refractivity contribution in [2.45, 2.75) is 70.8 Å². The van der Waals surface area contributed by atoms with Crippen molar-refractivity contribution in [2.75, 3.05) is 11.5 Å². The summed E-state index contributed by atoms with van der Waals surface area (Å²) in [4.78, 5) is 21.2. The SMILES string of the molecule is CCCCC/C=C/C/C=C/C(/C=C/C/C=C/CCCCSCC(=O)O)[N+](=O)[O-]. The Labute approximate surface area is 173 Å². The predicted octanol–water partition coefficient (Wildman–Crippen LogP) is 6.21. The Morgan fingerprint density at radius 1 is 0.964 bits per heavy atom. The summed E-state index contributed by atoms with van der Waals surface area (Å²) in [6.07, 6.45) is 24.4. The Morgan fingerprint density at radius 2 is 1.54 bits per heavy atom. The normalized spacial score (nSPS) is 13.3. The number of carbonyl (C=O) groups is 1. The molecule has 5 nitrogen and oxygen atoms in total. The highest BCUT2D eigenvalue weighted by Gasteiger charge is 2.09. The molecule has 0 aliphatic carbocycles. The fourth-order valence-electron chi connectivity index (χ4n) is 2.36. The van der Waals surface area contributed by atoms with Crippen molar-refractivity contribution >= 4 is 17.7 Å². The molecule has 0 rings (SSSR count). The lowest BCUT2D eigenvalue weighted by Crippen LogP contribution is -2.13. The molecule has 0 aliphatic rings. The van der Waals surface area contributed by atoms with Gasteiger partial charge in [-0.05, 0) is 62.9 Å². The van der Waals surface area contributed by atoms with Gasteiger partial charge in [0.05, 0.1) is 5.75 Å². The molecule has 0 aromatic carbocycles. The lowest BCUT2D eigenvalue weighted by molar-refractivity contribution is -0.496. The predicted molar refractivity (Wildman–Crippen MR) is 120 cm³/mol. The van der Waals surface area contributed by atoms with Crippen molar-refractivity contribution in [2.24, 2.45) is 0 Å². The van der Waals surface area contributed by atoms with E-state index in [2.05, 4.69) is 25.2 Å². The van der Waals surface area contributed by atoms with Crippen LogP contribution in [0, 0.1) is 10.1 Å². The summed E-state index contributed by atoms with van der Waals surface area (Å²) in [5, 5.41) is 19.6. The molecule has 0 amide bonds. The summed E-state index contributed by atoms with van der Waals surface area (Å²) in [5.74, 6) is 0.269. The van der Waals surface area contributed by atoms with Gasteiger partial charge >= 0.3 is 5.97 Å². The van der Waals surface area contributed by atoms with Crippen molar-refractivity contribution in [3.63, 3.8) is 0 Å². The van der Waals surface area contributed by atoms with Gasteiger partial charge in [-0.3, -0.25) is 14.9 Å². The maximum atomic E-state index is 11.1. The Morgan fingerprint density at radius 3 is 2.04 bits per heavy atom. The van der Waals surface area contributed by atoms with Gasteiger partial charge in [-0.15, -0.1) is 0 Å². The van der Waals surface area contributed by atoms with Crippen LogP contribution in [0.25, 0.3) is 0 Å². The maximum Gasteiger partial charge on any atom is 0.313 e. The molecule has 0 aromatic heterocycles. The van der Waals surface area contributed by atoms with Crippen molar-refractivity contribution in [3.8, 4) is 0 Å². The molecule has 0 aromatic rings. The monoisotopic (exact) mass is 409 g/mol. The number of aliphatic carboxylic acids is 1. The van der Waals surface area contributed by atoms with E-state index in [-0.39, 0.29) is 10.7 Å².